The first kappa shape index (κ1) is 18.9. The third-order valence-corrected chi connectivity index (χ3v) is 4.01. The minimum Gasteiger partial charge on any atom is -0.475 e. The molecule has 1 heterocycles. The van der Waals surface area contributed by atoms with Crippen LogP contribution in [0.1, 0.15) is 56.2 Å². The molecule has 0 saturated heterocycles. The van der Waals surface area contributed by atoms with Crippen LogP contribution in [0.5, 0.6) is 0 Å². The fraction of sp³-hybridized carbons (Fsp3) is 0.667. The zero-order chi connectivity index (χ0) is 16.8. The van der Waals surface area contributed by atoms with E-state index in [0.29, 0.717) is 5.92 Å². The number of hydrogen-bond donors (Lipinski definition) is 2. The maximum atomic E-state index is 10.6. The maximum absolute atomic E-state index is 10.6. The first-order valence-corrected chi connectivity index (χ1v) is 7.77. The van der Waals surface area contributed by atoms with Gasteiger partial charge in [-0.2, -0.15) is 13.2 Å². The third-order valence-electron chi connectivity index (χ3n) is 3.70. The SMILES string of the molecule is CC(Cl)C1CCCCCCc2cc1c[nH]2.O=C(O)C(F)(F)F. The number of aliphatic carboxylic acids is 1. The van der Waals surface area contributed by atoms with Crippen LogP contribution in [-0.4, -0.2) is 27.6 Å². The molecule has 0 fully saturated rings. The summed E-state index contributed by atoms with van der Waals surface area (Å²) < 4.78 is 31.7. The van der Waals surface area contributed by atoms with Gasteiger partial charge in [0.25, 0.3) is 0 Å². The van der Waals surface area contributed by atoms with Gasteiger partial charge in [-0.1, -0.05) is 19.3 Å². The number of carboxylic acids is 1. The van der Waals surface area contributed by atoms with E-state index in [1.807, 2.05) is 0 Å². The highest BCUT2D eigenvalue weighted by molar-refractivity contribution is 6.20. The van der Waals surface area contributed by atoms with Crippen LogP contribution < -0.4 is 0 Å². The van der Waals surface area contributed by atoms with Crippen LogP contribution in [0.2, 0.25) is 0 Å². The molecule has 0 aliphatic heterocycles. The van der Waals surface area contributed by atoms with Crippen LogP contribution >= 0.6 is 11.6 Å². The summed E-state index contributed by atoms with van der Waals surface area (Å²) in [5.74, 6) is -2.22. The van der Waals surface area contributed by atoms with E-state index in [4.69, 9.17) is 21.5 Å². The molecular weight excluding hydrogens is 319 g/mol. The van der Waals surface area contributed by atoms with Crippen LogP contribution in [0.4, 0.5) is 13.2 Å². The molecule has 1 aromatic heterocycles. The van der Waals surface area contributed by atoms with Crippen molar-refractivity contribution in [3.8, 4) is 0 Å². The molecule has 7 heteroatoms. The summed E-state index contributed by atoms with van der Waals surface area (Å²) in [7, 11) is 0. The van der Waals surface area contributed by atoms with Crippen LogP contribution in [0.25, 0.3) is 0 Å². The monoisotopic (exact) mass is 339 g/mol. The van der Waals surface area contributed by atoms with Gasteiger partial charge in [0.05, 0.1) is 0 Å². The fourth-order valence-electron chi connectivity index (χ4n) is 2.51. The van der Waals surface area contributed by atoms with E-state index in [1.165, 1.54) is 49.8 Å². The van der Waals surface area contributed by atoms with Crippen molar-refractivity contribution in [1.29, 1.82) is 0 Å². The second-order valence-electron chi connectivity index (χ2n) is 5.50. The fourth-order valence-corrected chi connectivity index (χ4v) is 2.79. The number of fused-ring (bicyclic) bond motifs is 2. The van der Waals surface area contributed by atoms with E-state index in [9.17, 15) is 13.2 Å². The quantitative estimate of drug-likeness (QED) is 0.717. The maximum Gasteiger partial charge on any atom is 0.490 e. The Bertz CT molecular complexity index is 472. The van der Waals surface area contributed by atoms with E-state index >= 15 is 0 Å². The topological polar surface area (TPSA) is 53.1 Å². The van der Waals surface area contributed by atoms with Crippen LogP contribution in [-0.2, 0) is 11.2 Å². The predicted molar refractivity (Wildman–Crippen MR) is 79.3 cm³/mol. The molecule has 2 unspecified atom stereocenters. The molecule has 1 aromatic rings. The molecule has 0 aromatic carbocycles. The van der Waals surface area contributed by atoms with Gasteiger partial charge in [-0.15, -0.1) is 11.6 Å². The van der Waals surface area contributed by atoms with Gasteiger partial charge in [0.2, 0.25) is 0 Å². The van der Waals surface area contributed by atoms with Gasteiger partial charge in [0.15, 0.2) is 0 Å². The van der Waals surface area contributed by atoms with Gasteiger partial charge in [0.1, 0.15) is 0 Å². The molecule has 3 nitrogen and oxygen atoms in total. The largest absolute Gasteiger partial charge is 0.490 e. The summed E-state index contributed by atoms with van der Waals surface area (Å²) in [4.78, 5) is 12.3. The van der Waals surface area contributed by atoms with Crippen LogP contribution in [0.3, 0.4) is 0 Å². The molecule has 126 valence electrons. The summed E-state index contributed by atoms with van der Waals surface area (Å²) in [6.45, 7) is 2.12. The second-order valence-corrected chi connectivity index (χ2v) is 6.19. The first-order valence-electron chi connectivity index (χ1n) is 7.33. The van der Waals surface area contributed by atoms with Gasteiger partial charge in [-0.3, -0.25) is 0 Å². The normalized spacial score (nSPS) is 20.5. The van der Waals surface area contributed by atoms with Crippen molar-refractivity contribution in [3.05, 3.63) is 23.5 Å². The third kappa shape index (κ3) is 6.30. The number of carbonyl (C=O) groups is 1. The molecule has 1 aliphatic carbocycles. The van der Waals surface area contributed by atoms with Crippen molar-refractivity contribution < 1.29 is 23.1 Å². The van der Waals surface area contributed by atoms with Crippen LogP contribution in [0.15, 0.2) is 12.3 Å². The number of halogens is 4. The Morgan fingerprint density at radius 2 is 1.95 bits per heavy atom. The van der Waals surface area contributed by atoms with Crippen LogP contribution in [0, 0.1) is 0 Å². The minimum atomic E-state index is -5.08. The number of alkyl halides is 4. The lowest BCUT2D eigenvalue weighted by Gasteiger charge is -2.18. The molecule has 0 amide bonds. The van der Waals surface area contributed by atoms with E-state index < -0.39 is 12.1 Å². The van der Waals surface area contributed by atoms with E-state index in [0.717, 1.165) is 0 Å². The summed E-state index contributed by atoms with van der Waals surface area (Å²) >= 11 is 6.27. The standard InChI is InChI=1S/C13H20ClN.C2HF3O2/c1-10(14)13-7-5-3-2-4-6-12-8-11(13)9-15-12;3-2(4,5)1(6)7/h8-10,13,15H,2-7H2,1H3;(H,6,7). The highest BCUT2D eigenvalue weighted by Gasteiger charge is 2.38. The lowest BCUT2D eigenvalue weighted by atomic mass is 9.91. The summed E-state index contributed by atoms with van der Waals surface area (Å²) in [5, 5.41) is 7.37. The summed E-state index contributed by atoms with van der Waals surface area (Å²) in [5.41, 5.74) is 2.80. The Balaban J connectivity index is 0.000000295. The van der Waals surface area contributed by atoms with Crippen molar-refractivity contribution in [2.24, 2.45) is 0 Å². The smallest absolute Gasteiger partial charge is 0.475 e. The van der Waals surface area contributed by atoms with Gasteiger partial charge in [-0.25, -0.2) is 4.79 Å². The average Bonchev–Trinajstić information content (AvgIpc) is 2.84. The Morgan fingerprint density at radius 1 is 1.36 bits per heavy atom. The first-order chi connectivity index (χ1) is 10.2. The number of aromatic amines is 1. The van der Waals surface area contributed by atoms with E-state index in [2.05, 4.69) is 24.2 Å². The molecule has 0 spiro atoms. The number of rotatable bonds is 1. The Labute approximate surface area is 132 Å². The van der Waals surface area contributed by atoms with Gasteiger partial charge in [-0.05, 0) is 37.8 Å². The Kier molecular flexibility index (Phi) is 7.26. The molecule has 0 radical (unpaired) electrons. The number of hydrogen-bond acceptors (Lipinski definition) is 1. The lowest BCUT2D eigenvalue weighted by molar-refractivity contribution is -0.192. The molecule has 2 atom stereocenters. The second kappa shape index (κ2) is 8.46. The van der Waals surface area contributed by atoms with Crippen molar-refractivity contribution in [2.45, 2.75) is 62.9 Å². The van der Waals surface area contributed by atoms with Crippen molar-refractivity contribution >= 4 is 17.6 Å². The predicted octanol–water partition coefficient (Wildman–Crippen LogP) is 4.87. The molecule has 2 bridgehead atoms. The summed E-state index contributed by atoms with van der Waals surface area (Å²) in [6, 6.07) is 2.31. The van der Waals surface area contributed by atoms with Gasteiger partial charge in [0, 0.05) is 23.2 Å². The molecule has 2 rings (SSSR count). The number of nitrogens with one attached hydrogen (secondary N) is 1. The molecular formula is C15H21ClF3NO2. The lowest BCUT2D eigenvalue weighted by Crippen LogP contribution is -2.21. The van der Waals surface area contributed by atoms with E-state index in [-0.39, 0.29) is 5.38 Å². The molecule has 1 aliphatic rings. The Morgan fingerprint density at radius 3 is 2.50 bits per heavy atom. The number of aryl methyl sites for hydroxylation is 1. The summed E-state index contributed by atoms with van der Waals surface area (Å²) in [6.07, 6.45) is 4.87. The zero-order valence-corrected chi connectivity index (χ0v) is 13.2. The Hall–Kier alpha value is -1.17. The molecule has 22 heavy (non-hydrogen) atoms. The van der Waals surface area contributed by atoms with Gasteiger partial charge < -0.3 is 10.1 Å². The highest BCUT2D eigenvalue weighted by Crippen LogP contribution is 2.31. The van der Waals surface area contributed by atoms with E-state index in [1.54, 1.807) is 0 Å². The zero-order valence-electron chi connectivity index (χ0n) is 12.4. The van der Waals surface area contributed by atoms with Crippen molar-refractivity contribution in [2.75, 3.05) is 0 Å². The van der Waals surface area contributed by atoms with Gasteiger partial charge >= 0.3 is 12.1 Å². The number of carboxylic acid groups (broad SMARTS) is 1. The average molecular weight is 340 g/mol. The number of aromatic nitrogens is 1. The number of H-pyrrole nitrogens is 1. The molecule has 2 N–H and O–H groups in total. The highest BCUT2D eigenvalue weighted by atomic mass is 35.5. The van der Waals surface area contributed by atoms with Crippen molar-refractivity contribution in [1.82, 2.24) is 4.98 Å². The van der Waals surface area contributed by atoms with Crippen molar-refractivity contribution in [3.63, 3.8) is 0 Å². The molecule has 0 saturated carbocycles. The minimum absolute atomic E-state index is 0.244.